The number of ketones is 6. The van der Waals surface area contributed by atoms with Gasteiger partial charge in [0.25, 0.3) is 0 Å². The number of cyclic esters (lactones) is 3. The molecule has 21 rings (SSSR count). The lowest BCUT2D eigenvalue weighted by atomic mass is 9.31. The summed E-state index contributed by atoms with van der Waals surface area (Å²) < 4.78 is 17.0. The zero-order valence-electron chi connectivity index (χ0n) is 58.6. The quantitative estimate of drug-likeness (QED) is 0.112. The first kappa shape index (κ1) is 66.7. The molecule has 3 heterocycles. The molecule has 0 amide bonds. The van der Waals surface area contributed by atoms with E-state index in [0.717, 1.165) is 52.7 Å². The molecule has 3 saturated heterocycles. The maximum atomic E-state index is 13.9. The first-order valence-electron chi connectivity index (χ1n) is 35.3. The van der Waals surface area contributed by atoms with E-state index in [1.54, 1.807) is 18.2 Å². The fourth-order valence-corrected chi connectivity index (χ4v) is 31.2. The van der Waals surface area contributed by atoms with Crippen LogP contribution in [0.4, 0.5) is 0 Å². The Morgan fingerprint density at radius 1 is 0.351 bits per heavy atom. The zero-order chi connectivity index (χ0) is 69.1. The number of hydrogen-bond acceptors (Lipinski definition) is 17. The average molecular weight is 1300 g/mol. The predicted molar refractivity (Wildman–Crippen MR) is 340 cm³/mol. The summed E-state index contributed by atoms with van der Waals surface area (Å²) in [4.78, 5) is 119. The van der Waals surface area contributed by atoms with Crippen LogP contribution >= 0.6 is 0 Å². The fraction of sp³-hybridized carbons (Fsp3) is 0.805. The van der Waals surface area contributed by atoms with Crippen molar-refractivity contribution in [1.82, 2.24) is 0 Å². The summed E-state index contributed by atoms with van der Waals surface area (Å²) in [6.45, 7) is 31.8. The minimum atomic E-state index is -0.970. The molecule has 21 aliphatic rings. The number of carbonyl (C=O) groups excluding carboxylic acids is 9. The van der Waals surface area contributed by atoms with Crippen LogP contribution in [0.5, 0.6) is 0 Å². The third-order valence-corrected chi connectivity index (χ3v) is 34.6. The molecule has 6 spiro atoms. The number of Topliss-reactive ketones (excluding diaryl/α,β-unsaturated/α-hetero) is 3. The van der Waals surface area contributed by atoms with Crippen molar-refractivity contribution in [3.8, 4) is 0 Å². The summed E-state index contributed by atoms with van der Waals surface area (Å²) in [6, 6.07) is 0. The lowest BCUT2D eigenvalue weighted by molar-refractivity contribution is -0.249. The number of hydrogen-bond donors (Lipinski definition) is 5. The van der Waals surface area contributed by atoms with Gasteiger partial charge >= 0.3 is 17.9 Å². The van der Waals surface area contributed by atoms with Crippen molar-refractivity contribution < 1.29 is 82.9 Å². The number of carbonyl (C=O) groups is 9. The number of aliphatic hydroxyl groups is 5. The van der Waals surface area contributed by atoms with Crippen molar-refractivity contribution in [2.24, 2.45) is 151 Å². The molecule has 18 fully saturated rings. The molecule has 17 heteroatoms. The Bertz CT molecular complexity index is 3270. The molecule has 3 aliphatic heterocycles. The van der Waals surface area contributed by atoms with Crippen LogP contribution in [0.2, 0.25) is 0 Å². The van der Waals surface area contributed by atoms with E-state index in [1.807, 2.05) is 20.8 Å². The van der Waals surface area contributed by atoms with Crippen LogP contribution < -0.4 is 0 Å². The predicted octanol–water partition coefficient (Wildman–Crippen LogP) is 8.50. The maximum absolute atomic E-state index is 13.9. The highest BCUT2D eigenvalue weighted by molar-refractivity contribution is 6.02. The molecule has 0 aromatic carbocycles. The average Bonchev–Trinajstić information content (AvgIpc) is 1.45. The summed E-state index contributed by atoms with van der Waals surface area (Å²) in [5.74, 6) is -0.738. The normalized spacial score (nSPS) is 57.2. The number of aliphatic hydroxyl groups excluding tert-OH is 5. The lowest BCUT2D eigenvalue weighted by Crippen LogP contribution is -2.75. The van der Waals surface area contributed by atoms with Crippen molar-refractivity contribution in [2.45, 2.75) is 199 Å². The van der Waals surface area contributed by atoms with Crippen molar-refractivity contribution in [3.63, 3.8) is 0 Å². The van der Waals surface area contributed by atoms with Gasteiger partial charge in [-0.05, 0) is 163 Å². The molecule has 0 radical (unpaired) electrons. The molecule has 17 nitrogen and oxygen atoms in total. The topological polar surface area (TPSA) is 282 Å². The van der Waals surface area contributed by atoms with Gasteiger partial charge in [0, 0.05) is 63.0 Å². The van der Waals surface area contributed by atoms with Gasteiger partial charge in [0.15, 0.2) is 17.3 Å². The monoisotopic (exact) mass is 1300 g/mol. The minimum Gasteiger partial charge on any atom is -0.465 e. The lowest BCUT2D eigenvalue weighted by Gasteiger charge is -2.70. The van der Waals surface area contributed by atoms with Crippen LogP contribution in [0, 0.1) is 151 Å². The van der Waals surface area contributed by atoms with E-state index < -0.39 is 101 Å². The van der Waals surface area contributed by atoms with Crippen LogP contribution in [-0.2, 0) is 57.4 Å². The second-order valence-corrected chi connectivity index (χ2v) is 37.6. The third-order valence-electron chi connectivity index (χ3n) is 34.6. The molecule has 94 heavy (non-hydrogen) atoms. The first-order chi connectivity index (χ1) is 43.5. The van der Waals surface area contributed by atoms with Gasteiger partial charge in [-0.3, -0.25) is 43.2 Å². The largest absolute Gasteiger partial charge is 0.465 e. The van der Waals surface area contributed by atoms with E-state index in [9.17, 15) is 58.5 Å². The van der Waals surface area contributed by atoms with Crippen LogP contribution in [-0.4, -0.2) is 130 Å². The SMILES string of the molecule is CC1(C)C(=O)C=C[C@@]2(C)[C@H]1CC[C@]13C[C@]4(C)C(=O)[C@](C)(C[C@@H]21)[C@]31COC(=O)[C@H]1[C@H]4O.CC1(C)C(=O)C=C[C@@]2(C)[C@H]1CC[C@]13C[C@]4(C)C(=O)[C@](C)(C[C@@H]21)[C@]31COC(=O)[C@H]1[C@H]4O.CC1(C)C(=O)C=C[C@@]2(C)[C@H]1CC[C@]13C[C@]4(C)C(=O)[C@](C)(C[C@@H]21)[C@]31COC(=O)[C@H]1[C@H]4O.CO.CO. The highest BCUT2D eigenvalue weighted by atomic mass is 16.6. The van der Waals surface area contributed by atoms with E-state index in [2.05, 4.69) is 101 Å². The molecule has 27 atom stereocenters. The van der Waals surface area contributed by atoms with Gasteiger partial charge in [0.05, 0.1) is 72.1 Å². The van der Waals surface area contributed by atoms with Gasteiger partial charge in [0.2, 0.25) is 0 Å². The molecule has 514 valence electrons. The first-order valence-corrected chi connectivity index (χ1v) is 35.3. The minimum absolute atomic E-state index is 0.118. The highest BCUT2D eigenvalue weighted by Gasteiger charge is 2.94. The molecule has 0 aromatic rings. The number of esters is 3. The molecule has 18 aliphatic carbocycles. The Morgan fingerprint density at radius 3 is 0.798 bits per heavy atom. The number of fused-ring (bicyclic) bond motifs is 6. The Labute approximate surface area is 553 Å². The van der Waals surface area contributed by atoms with Gasteiger partial charge in [0.1, 0.15) is 17.3 Å². The molecule has 0 aromatic heterocycles. The maximum Gasteiger partial charge on any atom is 0.312 e. The van der Waals surface area contributed by atoms with E-state index in [1.165, 1.54) is 0 Å². The van der Waals surface area contributed by atoms with E-state index in [4.69, 9.17) is 24.4 Å². The number of ether oxygens (including phenoxy) is 3. The van der Waals surface area contributed by atoms with Gasteiger partial charge in [-0.15, -0.1) is 0 Å². The van der Waals surface area contributed by atoms with E-state index in [-0.39, 0.29) is 140 Å². The Balaban J connectivity index is 0.000000119. The van der Waals surface area contributed by atoms with E-state index >= 15 is 0 Å². The van der Waals surface area contributed by atoms with Crippen LogP contribution in [0.25, 0.3) is 0 Å². The number of allylic oxidation sites excluding steroid dienone is 6. The smallest absolute Gasteiger partial charge is 0.312 e. The van der Waals surface area contributed by atoms with Crippen molar-refractivity contribution in [1.29, 1.82) is 0 Å². The second-order valence-electron chi connectivity index (χ2n) is 37.6. The summed E-state index contributed by atoms with van der Waals surface area (Å²) in [5, 5.41) is 47.8. The summed E-state index contributed by atoms with van der Waals surface area (Å²) in [7, 11) is 2.00. The van der Waals surface area contributed by atoms with Gasteiger partial charge in [-0.25, -0.2) is 0 Å². The molecule has 5 N–H and O–H groups in total. The molecular formula is C77H104O17. The van der Waals surface area contributed by atoms with Crippen molar-refractivity contribution >= 4 is 52.6 Å². The van der Waals surface area contributed by atoms with Crippen LogP contribution in [0.1, 0.15) is 181 Å². The Kier molecular flexibility index (Phi) is 13.2. The van der Waals surface area contributed by atoms with Crippen LogP contribution in [0.15, 0.2) is 36.5 Å². The summed E-state index contributed by atoms with van der Waals surface area (Å²) in [5.41, 5.74) is -9.34. The van der Waals surface area contributed by atoms with Crippen LogP contribution in [0.3, 0.4) is 0 Å². The highest BCUT2D eigenvalue weighted by Crippen LogP contribution is 2.91. The number of rotatable bonds is 0. The Morgan fingerprint density at radius 2 is 0.574 bits per heavy atom. The van der Waals surface area contributed by atoms with E-state index in [0.29, 0.717) is 38.5 Å². The van der Waals surface area contributed by atoms with Gasteiger partial charge < -0.3 is 39.7 Å². The zero-order valence-corrected chi connectivity index (χ0v) is 58.6. The molecule has 12 bridgehead atoms. The van der Waals surface area contributed by atoms with Gasteiger partial charge in [-0.2, -0.15) is 0 Å². The van der Waals surface area contributed by atoms with Crippen molar-refractivity contribution in [2.75, 3.05) is 34.0 Å². The fourth-order valence-electron chi connectivity index (χ4n) is 31.2. The standard InChI is InChI=1S/3C25H32O5.2CH4O/c3*1-20(2)13-6-9-24-11-22(4)17(27)16-18(28)30-12-25(16,24)23(5,19(22)29)10-14(24)21(13,3)8-7-15(20)26;2*1-2/h3*7-8,13-14,16-17,27H,6,9-12H2,1-5H3;2*2H,1H3/t3*13-,14-,16+,17+,21-,22-,23-,24-,25+;;/m000../s1. The Hall–Kier alpha value is -4.55. The molecule has 0 unspecified atom stereocenters. The summed E-state index contributed by atoms with van der Waals surface area (Å²) >= 11 is 0. The van der Waals surface area contributed by atoms with Gasteiger partial charge in [-0.1, -0.05) is 122 Å². The molecular weight excluding hydrogens is 1200 g/mol. The summed E-state index contributed by atoms with van der Waals surface area (Å²) in [6.07, 6.45) is 18.1. The van der Waals surface area contributed by atoms with Crippen molar-refractivity contribution in [3.05, 3.63) is 36.5 Å². The second kappa shape index (κ2) is 18.6. The third kappa shape index (κ3) is 6.29. The molecule has 15 saturated carbocycles.